The van der Waals surface area contributed by atoms with Crippen molar-refractivity contribution >= 4 is 18.4 Å². The second-order valence-electron chi connectivity index (χ2n) is 2.59. The minimum atomic E-state index is -0.813. The van der Waals surface area contributed by atoms with Gasteiger partial charge in [0.05, 0.1) is 12.5 Å². The lowest BCUT2D eigenvalue weighted by molar-refractivity contribution is -0.137. The van der Waals surface area contributed by atoms with Gasteiger partial charge in [-0.1, -0.05) is 0 Å². The molecular formula is C6H12ClNO3. The Morgan fingerprint density at radius 2 is 2.27 bits per heavy atom. The van der Waals surface area contributed by atoms with Crippen LogP contribution in [-0.2, 0) is 4.79 Å². The number of halogens is 1. The molecule has 0 aliphatic carbocycles. The maximum atomic E-state index is 10.1. The van der Waals surface area contributed by atoms with Crippen molar-refractivity contribution in [2.75, 3.05) is 6.54 Å². The lowest BCUT2D eigenvalue weighted by Crippen LogP contribution is -2.24. The van der Waals surface area contributed by atoms with Crippen LogP contribution in [0.1, 0.15) is 12.8 Å². The highest BCUT2D eigenvalue weighted by Crippen LogP contribution is 2.08. The highest BCUT2D eigenvalue weighted by atomic mass is 35.5. The second-order valence-corrected chi connectivity index (χ2v) is 2.59. The van der Waals surface area contributed by atoms with E-state index in [1.165, 1.54) is 0 Å². The molecule has 1 unspecified atom stereocenters. The van der Waals surface area contributed by atoms with E-state index < -0.39 is 5.97 Å². The van der Waals surface area contributed by atoms with Crippen LogP contribution in [0, 0.1) is 0 Å². The fraction of sp³-hybridized carbons (Fsp3) is 0.833. The molecule has 0 aromatic carbocycles. The SMILES string of the molecule is Cl.O=C(O)C[C@@H]1CC(O)CN1. The van der Waals surface area contributed by atoms with Crippen LogP contribution in [0.25, 0.3) is 0 Å². The Bertz CT molecular complexity index is 142. The third kappa shape index (κ3) is 3.55. The quantitative estimate of drug-likeness (QED) is 0.543. The third-order valence-corrected chi connectivity index (χ3v) is 1.62. The van der Waals surface area contributed by atoms with E-state index in [9.17, 15) is 4.79 Å². The zero-order valence-electron chi connectivity index (χ0n) is 5.99. The van der Waals surface area contributed by atoms with E-state index in [2.05, 4.69) is 5.32 Å². The van der Waals surface area contributed by atoms with Gasteiger partial charge in [-0.15, -0.1) is 12.4 Å². The van der Waals surface area contributed by atoms with Gasteiger partial charge in [0, 0.05) is 12.6 Å². The number of aliphatic carboxylic acids is 1. The molecule has 1 aliphatic rings. The standard InChI is InChI=1S/C6H11NO3.ClH/c8-5-1-4(7-3-5)2-6(9)10;/h4-5,7-8H,1-3H2,(H,9,10);1H/t4-,5?;/m0./s1. The Hall–Kier alpha value is -0.320. The fourth-order valence-corrected chi connectivity index (χ4v) is 1.16. The monoisotopic (exact) mass is 181 g/mol. The van der Waals surface area contributed by atoms with Gasteiger partial charge in [-0.2, -0.15) is 0 Å². The van der Waals surface area contributed by atoms with Crippen molar-refractivity contribution in [1.29, 1.82) is 0 Å². The summed E-state index contributed by atoms with van der Waals surface area (Å²) in [5.41, 5.74) is 0. The van der Waals surface area contributed by atoms with Gasteiger partial charge in [-0.25, -0.2) is 0 Å². The number of aliphatic hydroxyl groups excluding tert-OH is 1. The molecule has 5 heteroatoms. The van der Waals surface area contributed by atoms with Crippen molar-refractivity contribution in [2.24, 2.45) is 0 Å². The van der Waals surface area contributed by atoms with E-state index in [0.29, 0.717) is 13.0 Å². The number of carbonyl (C=O) groups is 1. The minimum Gasteiger partial charge on any atom is -0.481 e. The van der Waals surface area contributed by atoms with Crippen LogP contribution in [0.15, 0.2) is 0 Å². The van der Waals surface area contributed by atoms with Crippen molar-refractivity contribution in [3.8, 4) is 0 Å². The molecule has 1 aliphatic heterocycles. The topological polar surface area (TPSA) is 69.6 Å². The Morgan fingerprint density at radius 3 is 2.64 bits per heavy atom. The Morgan fingerprint density at radius 1 is 1.64 bits per heavy atom. The van der Waals surface area contributed by atoms with Crippen molar-refractivity contribution in [3.63, 3.8) is 0 Å². The highest BCUT2D eigenvalue weighted by Gasteiger charge is 2.23. The van der Waals surface area contributed by atoms with Crippen LogP contribution >= 0.6 is 12.4 Å². The summed E-state index contributed by atoms with van der Waals surface area (Å²) < 4.78 is 0. The molecule has 0 saturated carbocycles. The zero-order valence-corrected chi connectivity index (χ0v) is 6.80. The first kappa shape index (κ1) is 10.7. The third-order valence-electron chi connectivity index (χ3n) is 1.62. The molecule has 0 aromatic heterocycles. The van der Waals surface area contributed by atoms with E-state index in [-0.39, 0.29) is 31.0 Å². The molecule has 1 saturated heterocycles. The normalized spacial score (nSPS) is 29.5. The number of hydrogen-bond acceptors (Lipinski definition) is 3. The van der Waals surface area contributed by atoms with Gasteiger partial charge in [0.15, 0.2) is 0 Å². The number of carboxylic acid groups (broad SMARTS) is 1. The molecule has 3 N–H and O–H groups in total. The predicted molar refractivity (Wildman–Crippen MR) is 41.9 cm³/mol. The Balaban J connectivity index is 0.000001000. The number of hydrogen-bond donors (Lipinski definition) is 3. The highest BCUT2D eigenvalue weighted by molar-refractivity contribution is 5.85. The summed E-state index contributed by atoms with van der Waals surface area (Å²) in [6.45, 7) is 0.526. The van der Waals surface area contributed by atoms with Crippen LogP contribution in [-0.4, -0.2) is 34.9 Å². The summed E-state index contributed by atoms with van der Waals surface area (Å²) >= 11 is 0. The summed E-state index contributed by atoms with van der Waals surface area (Å²) in [6, 6.07) is -0.0347. The zero-order chi connectivity index (χ0) is 7.56. The fourth-order valence-electron chi connectivity index (χ4n) is 1.16. The number of rotatable bonds is 2. The molecule has 0 bridgehead atoms. The molecule has 0 aromatic rings. The molecule has 4 nitrogen and oxygen atoms in total. The van der Waals surface area contributed by atoms with Crippen molar-refractivity contribution in [2.45, 2.75) is 25.0 Å². The first-order valence-electron chi connectivity index (χ1n) is 3.31. The van der Waals surface area contributed by atoms with E-state index in [1.54, 1.807) is 0 Å². The van der Waals surface area contributed by atoms with Crippen molar-refractivity contribution in [1.82, 2.24) is 5.32 Å². The van der Waals surface area contributed by atoms with E-state index >= 15 is 0 Å². The number of carboxylic acids is 1. The van der Waals surface area contributed by atoms with Gasteiger partial charge < -0.3 is 15.5 Å². The van der Waals surface area contributed by atoms with Crippen LogP contribution in [0.5, 0.6) is 0 Å². The van der Waals surface area contributed by atoms with Gasteiger partial charge in [-0.05, 0) is 6.42 Å². The molecular weight excluding hydrogens is 170 g/mol. The van der Waals surface area contributed by atoms with Crippen molar-refractivity contribution in [3.05, 3.63) is 0 Å². The number of β-amino-alcohol motifs (C(OH)–C–C–N with tert-alkyl or cyclic N) is 1. The van der Waals surface area contributed by atoms with Gasteiger partial charge in [0.25, 0.3) is 0 Å². The molecule has 11 heavy (non-hydrogen) atoms. The van der Waals surface area contributed by atoms with Gasteiger partial charge in [0.1, 0.15) is 0 Å². The van der Waals surface area contributed by atoms with E-state index in [1.807, 2.05) is 0 Å². The average molecular weight is 182 g/mol. The predicted octanol–water partition coefficient (Wildman–Crippen LogP) is -0.394. The summed E-state index contributed by atoms with van der Waals surface area (Å²) in [6.07, 6.45) is 0.313. The molecule has 2 atom stereocenters. The van der Waals surface area contributed by atoms with Crippen LogP contribution < -0.4 is 5.32 Å². The van der Waals surface area contributed by atoms with Crippen LogP contribution in [0.2, 0.25) is 0 Å². The average Bonchev–Trinajstić information content (AvgIpc) is 2.13. The first-order valence-corrected chi connectivity index (χ1v) is 3.31. The molecule has 1 rings (SSSR count). The molecule has 66 valence electrons. The minimum absolute atomic E-state index is 0. The number of aliphatic hydroxyl groups is 1. The number of nitrogens with one attached hydrogen (secondary N) is 1. The molecule has 0 radical (unpaired) electrons. The summed E-state index contributed by atoms with van der Waals surface area (Å²) in [7, 11) is 0. The van der Waals surface area contributed by atoms with E-state index in [0.717, 1.165) is 0 Å². The first-order chi connectivity index (χ1) is 4.68. The van der Waals surface area contributed by atoms with Crippen molar-refractivity contribution < 1.29 is 15.0 Å². The molecule has 1 fully saturated rings. The largest absolute Gasteiger partial charge is 0.481 e. The maximum absolute atomic E-state index is 10.1. The van der Waals surface area contributed by atoms with Gasteiger partial charge in [0.2, 0.25) is 0 Å². The Kier molecular flexibility index (Phi) is 4.40. The van der Waals surface area contributed by atoms with Gasteiger partial charge >= 0.3 is 5.97 Å². The Labute approximate surface area is 71.0 Å². The molecule has 1 heterocycles. The lowest BCUT2D eigenvalue weighted by Gasteiger charge is -2.03. The smallest absolute Gasteiger partial charge is 0.304 e. The lowest BCUT2D eigenvalue weighted by atomic mass is 10.1. The molecule has 0 amide bonds. The maximum Gasteiger partial charge on any atom is 0.304 e. The second kappa shape index (κ2) is 4.54. The van der Waals surface area contributed by atoms with Crippen LogP contribution in [0.3, 0.4) is 0 Å². The van der Waals surface area contributed by atoms with Crippen LogP contribution in [0.4, 0.5) is 0 Å². The summed E-state index contributed by atoms with van der Waals surface area (Å²) in [5, 5.41) is 20.2. The summed E-state index contributed by atoms with van der Waals surface area (Å²) in [5.74, 6) is -0.813. The van der Waals surface area contributed by atoms with E-state index in [4.69, 9.17) is 10.2 Å². The summed E-state index contributed by atoms with van der Waals surface area (Å²) in [4.78, 5) is 10.1. The molecule has 0 spiro atoms. The van der Waals surface area contributed by atoms with Gasteiger partial charge in [-0.3, -0.25) is 4.79 Å².